The maximum Gasteiger partial charge on any atom is 0.182 e. The molecule has 0 aromatic heterocycles. The fourth-order valence-corrected chi connectivity index (χ4v) is 2.78. The van der Waals surface area contributed by atoms with Gasteiger partial charge >= 0.3 is 0 Å². The van der Waals surface area contributed by atoms with Crippen molar-refractivity contribution in [2.24, 2.45) is 10.8 Å². The predicted octanol–water partition coefficient (Wildman–Crippen LogP) is 5.19. The third-order valence-electron chi connectivity index (χ3n) is 4.63. The molecular formula is C22H22N2O. The molecule has 3 nitrogen and oxygen atoms in total. The zero-order chi connectivity index (χ0) is 18.3. The largest absolute Gasteiger partial charge is 0.366 e. The van der Waals surface area contributed by atoms with Gasteiger partial charge < -0.3 is 4.74 Å². The molecule has 3 heteroatoms. The summed E-state index contributed by atoms with van der Waals surface area (Å²) in [6.07, 6.45) is 0.957. The first-order valence-corrected chi connectivity index (χ1v) is 8.17. The topological polar surface area (TPSA) is 56.8 Å². The number of nitrogens with zero attached hydrogens (tertiary/aromatic N) is 2. The van der Waals surface area contributed by atoms with E-state index in [0.29, 0.717) is 6.61 Å². The van der Waals surface area contributed by atoms with Gasteiger partial charge in [0.1, 0.15) is 6.10 Å². The van der Waals surface area contributed by atoms with Gasteiger partial charge in [-0.1, -0.05) is 80.6 Å². The second kappa shape index (κ2) is 7.79. The third kappa shape index (κ3) is 3.63. The van der Waals surface area contributed by atoms with Gasteiger partial charge in [-0.2, -0.15) is 10.5 Å². The van der Waals surface area contributed by atoms with Crippen LogP contribution in [0.5, 0.6) is 0 Å². The first-order chi connectivity index (χ1) is 12.0. The van der Waals surface area contributed by atoms with Crippen LogP contribution in [0.4, 0.5) is 0 Å². The summed E-state index contributed by atoms with van der Waals surface area (Å²) >= 11 is 0. The van der Waals surface area contributed by atoms with E-state index >= 15 is 0 Å². The van der Waals surface area contributed by atoms with E-state index in [1.165, 1.54) is 0 Å². The minimum absolute atomic E-state index is 0.318. The van der Waals surface area contributed by atoms with Crippen LogP contribution < -0.4 is 0 Å². The first-order valence-electron chi connectivity index (χ1n) is 8.17. The molecule has 0 saturated carbocycles. The molecule has 0 amide bonds. The summed E-state index contributed by atoms with van der Waals surface area (Å²) in [5.74, 6) is 0. The molecule has 0 aliphatic carbocycles. The molecular weight excluding hydrogens is 308 g/mol. The van der Waals surface area contributed by atoms with Crippen LogP contribution in [-0.2, 0) is 11.3 Å². The van der Waals surface area contributed by atoms with Crippen molar-refractivity contribution in [1.82, 2.24) is 0 Å². The smallest absolute Gasteiger partial charge is 0.182 e. The summed E-state index contributed by atoms with van der Waals surface area (Å²) in [6.45, 7) is 7.83. The van der Waals surface area contributed by atoms with E-state index in [-0.39, 0.29) is 0 Å². The second-order valence-corrected chi connectivity index (χ2v) is 6.54. The number of nitriles is 2. The van der Waals surface area contributed by atoms with Crippen molar-refractivity contribution >= 4 is 0 Å². The zero-order valence-electron chi connectivity index (χ0n) is 14.6. The Hall–Kier alpha value is -2.88. The molecule has 2 aromatic carbocycles. The summed E-state index contributed by atoms with van der Waals surface area (Å²) < 4.78 is 6.16. The van der Waals surface area contributed by atoms with Gasteiger partial charge in [-0.05, 0) is 11.1 Å². The van der Waals surface area contributed by atoms with E-state index in [2.05, 4.69) is 18.7 Å². The third-order valence-corrected chi connectivity index (χ3v) is 4.63. The molecule has 0 spiro atoms. The molecule has 0 heterocycles. The Bertz CT molecular complexity index is 768. The highest BCUT2D eigenvalue weighted by molar-refractivity contribution is 5.33. The minimum atomic E-state index is -1.40. The van der Waals surface area contributed by atoms with Crippen molar-refractivity contribution in [3.63, 3.8) is 0 Å². The molecule has 0 N–H and O–H groups in total. The van der Waals surface area contributed by atoms with Gasteiger partial charge in [0, 0.05) is 5.41 Å². The van der Waals surface area contributed by atoms with E-state index in [9.17, 15) is 10.5 Å². The number of hydrogen-bond donors (Lipinski definition) is 0. The molecule has 2 rings (SSSR count). The number of benzene rings is 2. The molecule has 126 valence electrons. The zero-order valence-corrected chi connectivity index (χ0v) is 14.6. The quantitative estimate of drug-likeness (QED) is 0.656. The molecule has 2 aromatic rings. The summed E-state index contributed by atoms with van der Waals surface area (Å²) in [5, 5.41) is 19.9. The Morgan fingerprint density at radius 3 is 2.00 bits per heavy atom. The molecule has 1 unspecified atom stereocenters. The fourth-order valence-electron chi connectivity index (χ4n) is 2.78. The molecule has 0 saturated heterocycles. The highest BCUT2D eigenvalue weighted by Gasteiger charge is 2.52. The van der Waals surface area contributed by atoms with Crippen molar-refractivity contribution in [2.75, 3.05) is 0 Å². The monoisotopic (exact) mass is 330 g/mol. The number of rotatable bonds is 7. The predicted molar refractivity (Wildman–Crippen MR) is 98.1 cm³/mol. The van der Waals surface area contributed by atoms with Gasteiger partial charge in [0.2, 0.25) is 0 Å². The average molecular weight is 330 g/mol. The molecule has 0 fully saturated rings. The Morgan fingerprint density at radius 2 is 1.52 bits per heavy atom. The van der Waals surface area contributed by atoms with Gasteiger partial charge in [-0.25, -0.2) is 0 Å². The van der Waals surface area contributed by atoms with Crippen molar-refractivity contribution in [3.8, 4) is 12.1 Å². The minimum Gasteiger partial charge on any atom is -0.366 e. The Kier molecular flexibility index (Phi) is 5.75. The van der Waals surface area contributed by atoms with Crippen molar-refractivity contribution in [3.05, 3.63) is 84.4 Å². The van der Waals surface area contributed by atoms with Gasteiger partial charge in [0.05, 0.1) is 18.7 Å². The number of hydrogen-bond acceptors (Lipinski definition) is 3. The lowest BCUT2D eigenvalue weighted by molar-refractivity contribution is -0.0398. The molecule has 0 aliphatic heterocycles. The summed E-state index contributed by atoms with van der Waals surface area (Å²) in [7, 11) is 0. The summed E-state index contributed by atoms with van der Waals surface area (Å²) in [6, 6.07) is 23.6. The van der Waals surface area contributed by atoms with Crippen LogP contribution in [0.3, 0.4) is 0 Å². The first kappa shape index (κ1) is 18.5. The maximum atomic E-state index is 9.97. The summed E-state index contributed by atoms with van der Waals surface area (Å²) in [5.41, 5.74) is -0.362. The molecule has 25 heavy (non-hydrogen) atoms. The van der Waals surface area contributed by atoms with Crippen LogP contribution >= 0.6 is 0 Å². The van der Waals surface area contributed by atoms with E-state index in [1.54, 1.807) is 6.08 Å². The van der Waals surface area contributed by atoms with Gasteiger partial charge in [0.15, 0.2) is 5.41 Å². The summed E-state index contributed by atoms with van der Waals surface area (Å²) in [4.78, 5) is 0. The molecule has 0 radical (unpaired) electrons. The lowest BCUT2D eigenvalue weighted by atomic mass is 9.62. The normalized spacial score (nSPS) is 12.6. The van der Waals surface area contributed by atoms with Gasteiger partial charge in [-0.15, -0.1) is 6.58 Å². The van der Waals surface area contributed by atoms with Gasteiger partial charge in [0.25, 0.3) is 0 Å². The standard InChI is InChI=1S/C22H22N2O/c1-4-21(2,3)22(16-23,17-24)20(19-13-9-6-10-14-19)25-15-18-11-7-5-8-12-18/h4-14,20H,1,15H2,2-3H3. The molecule has 0 bridgehead atoms. The maximum absolute atomic E-state index is 9.97. The van der Waals surface area contributed by atoms with Gasteiger partial charge in [-0.3, -0.25) is 0 Å². The van der Waals surface area contributed by atoms with E-state index in [0.717, 1.165) is 11.1 Å². The van der Waals surface area contributed by atoms with Crippen LogP contribution in [0.2, 0.25) is 0 Å². The lowest BCUT2D eigenvalue weighted by Crippen LogP contribution is -2.40. The average Bonchev–Trinajstić information content (AvgIpc) is 2.66. The van der Waals surface area contributed by atoms with Crippen LogP contribution in [0.1, 0.15) is 31.1 Å². The highest BCUT2D eigenvalue weighted by Crippen LogP contribution is 2.50. The van der Waals surface area contributed by atoms with E-state index in [1.807, 2.05) is 74.5 Å². The van der Waals surface area contributed by atoms with Crippen LogP contribution in [0.15, 0.2) is 73.3 Å². The molecule has 1 atom stereocenters. The lowest BCUT2D eigenvalue weighted by Gasteiger charge is -2.39. The second-order valence-electron chi connectivity index (χ2n) is 6.54. The van der Waals surface area contributed by atoms with Crippen LogP contribution in [-0.4, -0.2) is 0 Å². The van der Waals surface area contributed by atoms with E-state index < -0.39 is 16.9 Å². The number of ether oxygens (including phenoxy) is 1. The van der Waals surface area contributed by atoms with Crippen LogP contribution in [0.25, 0.3) is 0 Å². The Morgan fingerprint density at radius 1 is 1.00 bits per heavy atom. The van der Waals surface area contributed by atoms with Crippen molar-refractivity contribution in [1.29, 1.82) is 10.5 Å². The SMILES string of the molecule is C=CC(C)(C)C(C#N)(C#N)C(OCc1ccccc1)c1ccccc1. The fraction of sp³-hybridized carbons (Fsp3) is 0.273. The number of allylic oxidation sites excluding steroid dienone is 1. The van der Waals surface area contributed by atoms with Crippen molar-refractivity contribution < 1.29 is 4.74 Å². The highest BCUT2D eigenvalue weighted by atomic mass is 16.5. The Labute approximate surface area is 149 Å². The van der Waals surface area contributed by atoms with Crippen LogP contribution in [0, 0.1) is 33.5 Å². The van der Waals surface area contributed by atoms with E-state index in [4.69, 9.17) is 4.74 Å². The van der Waals surface area contributed by atoms with Crippen molar-refractivity contribution in [2.45, 2.75) is 26.6 Å². The Balaban J connectivity index is 2.48. The molecule has 0 aliphatic rings.